The van der Waals surface area contributed by atoms with Crippen molar-refractivity contribution >= 4 is 5.91 Å². The van der Waals surface area contributed by atoms with Crippen LogP contribution in [0.4, 0.5) is 0 Å². The lowest BCUT2D eigenvalue weighted by atomic mass is 9.88. The van der Waals surface area contributed by atoms with Gasteiger partial charge in [0.1, 0.15) is 5.54 Å². The number of nitrogens with one attached hydrogen (secondary N) is 1. The highest BCUT2D eigenvalue weighted by Crippen LogP contribution is 2.23. The van der Waals surface area contributed by atoms with Crippen LogP contribution in [-0.4, -0.2) is 22.2 Å². The third-order valence-corrected chi connectivity index (χ3v) is 3.33. The fourth-order valence-corrected chi connectivity index (χ4v) is 2.38. The molecule has 0 saturated carbocycles. The number of carbonyl (C=O) groups is 1. The zero-order valence-corrected chi connectivity index (χ0v) is 11.8. The molecule has 0 radical (unpaired) electrons. The summed E-state index contributed by atoms with van der Waals surface area (Å²) in [6, 6.07) is 9.53. The molecule has 0 bridgehead atoms. The zero-order chi connectivity index (χ0) is 14.6. The first-order valence-electron chi connectivity index (χ1n) is 6.68. The van der Waals surface area contributed by atoms with Gasteiger partial charge in [-0.1, -0.05) is 37.3 Å². The molecule has 3 N–H and O–H groups in total. The average Bonchev–Trinajstić information content (AvgIpc) is 2.84. The maximum Gasteiger partial charge on any atom is 0.244 e. The number of likely N-dealkylation sites (N-methyl/N-ethyl adjacent to an activating group) is 1. The Hall–Kier alpha value is -2.14. The lowest BCUT2D eigenvalue weighted by Crippen LogP contribution is -2.55. The van der Waals surface area contributed by atoms with E-state index in [0.717, 1.165) is 11.1 Å². The number of carbonyl (C=O) groups excluding carboxylic acids is 1. The number of primary amides is 1. The van der Waals surface area contributed by atoms with Crippen LogP contribution in [0.1, 0.15) is 18.1 Å². The van der Waals surface area contributed by atoms with Crippen molar-refractivity contribution in [1.29, 1.82) is 0 Å². The molecule has 0 spiro atoms. The smallest absolute Gasteiger partial charge is 0.244 e. The summed E-state index contributed by atoms with van der Waals surface area (Å²) in [7, 11) is 0. The summed E-state index contributed by atoms with van der Waals surface area (Å²) >= 11 is 0. The average molecular weight is 272 g/mol. The van der Waals surface area contributed by atoms with E-state index in [1.54, 1.807) is 10.9 Å². The van der Waals surface area contributed by atoms with Gasteiger partial charge in [-0.2, -0.15) is 5.10 Å². The van der Waals surface area contributed by atoms with Crippen LogP contribution in [0.15, 0.2) is 42.7 Å². The Balaban J connectivity index is 2.44. The predicted octanol–water partition coefficient (Wildman–Crippen LogP) is 1.18. The minimum atomic E-state index is -0.950. The number of nitrogens with zero attached hydrogens (tertiary/aromatic N) is 2. The second-order valence-electron chi connectivity index (χ2n) is 4.88. The van der Waals surface area contributed by atoms with Crippen LogP contribution >= 0.6 is 0 Å². The summed E-state index contributed by atoms with van der Waals surface area (Å²) in [6.45, 7) is 4.92. The molecule has 0 saturated heterocycles. The lowest BCUT2D eigenvalue weighted by molar-refractivity contribution is -0.125. The highest BCUT2D eigenvalue weighted by molar-refractivity contribution is 5.86. The van der Waals surface area contributed by atoms with Gasteiger partial charge < -0.3 is 5.73 Å². The molecule has 1 atom stereocenters. The predicted molar refractivity (Wildman–Crippen MR) is 78.0 cm³/mol. The molecular formula is C15H20N4O. The maximum absolute atomic E-state index is 12.1. The van der Waals surface area contributed by atoms with Gasteiger partial charge in [-0.05, 0) is 24.6 Å². The van der Waals surface area contributed by atoms with Crippen LogP contribution in [0.25, 0.3) is 0 Å². The van der Waals surface area contributed by atoms with Crippen molar-refractivity contribution < 1.29 is 4.79 Å². The van der Waals surface area contributed by atoms with E-state index in [2.05, 4.69) is 10.4 Å². The molecule has 106 valence electrons. The molecule has 2 aromatic rings. The standard InChI is InChI=1S/C15H20N4O/c1-3-17-15(14(16)20,13-7-5-4-6-8-13)11-19-10-12(2)9-18-19/h4-10,17H,3,11H2,1-2H3,(H2,16,20). The summed E-state index contributed by atoms with van der Waals surface area (Å²) in [4.78, 5) is 12.1. The number of benzene rings is 1. The van der Waals surface area contributed by atoms with Crippen molar-refractivity contribution in [3.8, 4) is 0 Å². The Kier molecular flexibility index (Phi) is 4.20. The molecule has 20 heavy (non-hydrogen) atoms. The van der Waals surface area contributed by atoms with Gasteiger partial charge in [0.2, 0.25) is 5.91 Å². The van der Waals surface area contributed by atoms with Gasteiger partial charge in [0.05, 0.1) is 12.7 Å². The van der Waals surface area contributed by atoms with E-state index in [-0.39, 0.29) is 0 Å². The minimum Gasteiger partial charge on any atom is -0.368 e. The summed E-state index contributed by atoms with van der Waals surface area (Å²) in [5, 5.41) is 7.49. The molecular weight excluding hydrogens is 252 g/mol. The largest absolute Gasteiger partial charge is 0.368 e. The number of rotatable bonds is 6. The second-order valence-corrected chi connectivity index (χ2v) is 4.88. The van der Waals surface area contributed by atoms with E-state index < -0.39 is 11.4 Å². The number of hydrogen-bond acceptors (Lipinski definition) is 3. The van der Waals surface area contributed by atoms with Crippen molar-refractivity contribution in [3.63, 3.8) is 0 Å². The van der Waals surface area contributed by atoms with Gasteiger partial charge >= 0.3 is 0 Å². The molecule has 1 amide bonds. The molecule has 0 aliphatic carbocycles. The lowest BCUT2D eigenvalue weighted by Gasteiger charge is -2.32. The highest BCUT2D eigenvalue weighted by atomic mass is 16.1. The van der Waals surface area contributed by atoms with Crippen molar-refractivity contribution in [2.45, 2.75) is 25.9 Å². The highest BCUT2D eigenvalue weighted by Gasteiger charge is 2.38. The Morgan fingerprint density at radius 2 is 2.10 bits per heavy atom. The molecule has 0 fully saturated rings. The van der Waals surface area contributed by atoms with Gasteiger partial charge in [-0.25, -0.2) is 0 Å². The molecule has 1 heterocycles. The van der Waals surface area contributed by atoms with Crippen LogP contribution in [0.2, 0.25) is 0 Å². The summed E-state index contributed by atoms with van der Waals surface area (Å²) in [5.41, 5.74) is 6.65. The number of nitrogens with two attached hydrogens (primary N) is 1. The number of amides is 1. The molecule has 5 heteroatoms. The Labute approximate surface area is 118 Å². The molecule has 1 unspecified atom stereocenters. The van der Waals surface area contributed by atoms with E-state index in [0.29, 0.717) is 13.1 Å². The SMILES string of the molecule is CCNC(Cn1cc(C)cn1)(C(N)=O)c1ccccc1. The summed E-state index contributed by atoms with van der Waals surface area (Å²) in [6.07, 6.45) is 3.67. The normalized spacial score (nSPS) is 13.9. The van der Waals surface area contributed by atoms with Crippen LogP contribution in [0.5, 0.6) is 0 Å². The van der Waals surface area contributed by atoms with Crippen LogP contribution in [0.3, 0.4) is 0 Å². The third-order valence-electron chi connectivity index (χ3n) is 3.33. The van der Waals surface area contributed by atoms with E-state index in [9.17, 15) is 4.79 Å². The fourth-order valence-electron chi connectivity index (χ4n) is 2.38. The fraction of sp³-hybridized carbons (Fsp3) is 0.333. The van der Waals surface area contributed by atoms with Crippen LogP contribution < -0.4 is 11.1 Å². The van der Waals surface area contributed by atoms with Crippen LogP contribution in [0, 0.1) is 6.92 Å². The summed E-state index contributed by atoms with van der Waals surface area (Å²) < 4.78 is 1.75. The maximum atomic E-state index is 12.1. The van der Waals surface area contributed by atoms with Gasteiger partial charge in [0, 0.05) is 6.20 Å². The van der Waals surface area contributed by atoms with Gasteiger partial charge in [0.25, 0.3) is 0 Å². The Morgan fingerprint density at radius 3 is 2.60 bits per heavy atom. The Bertz CT molecular complexity index is 579. The van der Waals surface area contributed by atoms with E-state index >= 15 is 0 Å². The van der Waals surface area contributed by atoms with Crippen molar-refractivity contribution in [3.05, 3.63) is 53.9 Å². The number of aromatic nitrogens is 2. The zero-order valence-electron chi connectivity index (χ0n) is 11.8. The number of hydrogen-bond donors (Lipinski definition) is 2. The van der Waals surface area contributed by atoms with Gasteiger partial charge in [-0.3, -0.25) is 14.8 Å². The van der Waals surface area contributed by atoms with Gasteiger partial charge in [0.15, 0.2) is 0 Å². The minimum absolute atomic E-state index is 0.369. The van der Waals surface area contributed by atoms with Crippen molar-refractivity contribution in [2.75, 3.05) is 6.54 Å². The topological polar surface area (TPSA) is 72.9 Å². The van der Waals surface area contributed by atoms with E-state index in [1.165, 1.54) is 0 Å². The number of aryl methyl sites for hydroxylation is 1. The molecule has 5 nitrogen and oxygen atoms in total. The van der Waals surface area contributed by atoms with E-state index in [4.69, 9.17) is 5.73 Å². The van der Waals surface area contributed by atoms with Gasteiger partial charge in [-0.15, -0.1) is 0 Å². The Morgan fingerprint density at radius 1 is 1.40 bits per heavy atom. The van der Waals surface area contributed by atoms with Crippen LogP contribution in [-0.2, 0) is 16.9 Å². The monoisotopic (exact) mass is 272 g/mol. The van der Waals surface area contributed by atoms with Crippen molar-refractivity contribution in [1.82, 2.24) is 15.1 Å². The molecule has 2 rings (SSSR count). The molecule has 0 aliphatic rings. The first-order valence-corrected chi connectivity index (χ1v) is 6.68. The first-order chi connectivity index (χ1) is 9.58. The molecule has 1 aromatic heterocycles. The molecule has 0 aliphatic heterocycles. The third kappa shape index (κ3) is 2.72. The molecule has 1 aromatic carbocycles. The van der Waals surface area contributed by atoms with E-state index in [1.807, 2.05) is 50.4 Å². The summed E-state index contributed by atoms with van der Waals surface area (Å²) in [5.74, 6) is -0.404. The first kappa shape index (κ1) is 14.3. The quantitative estimate of drug-likeness (QED) is 0.829. The van der Waals surface area contributed by atoms with Crippen molar-refractivity contribution in [2.24, 2.45) is 5.73 Å². The second kappa shape index (κ2) is 5.88.